The lowest BCUT2D eigenvalue weighted by molar-refractivity contribution is -0.143. The van der Waals surface area contributed by atoms with Gasteiger partial charge in [0, 0.05) is 26.4 Å². The number of nitrogens with one attached hydrogen (secondary N) is 6. The summed E-state index contributed by atoms with van der Waals surface area (Å²) in [6, 6.07) is 3.35. The summed E-state index contributed by atoms with van der Waals surface area (Å²) < 4.78 is 0. The van der Waals surface area contributed by atoms with Gasteiger partial charge >= 0.3 is 0 Å². The van der Waals surface area contributed by atoms with Crippen LogP contribution in [0.5, 0.6) is 0 Å². The maximum atomic E-state index is 14.4. The Morgan fingerprint density at radius 3 is 2.12 bits per heavy atom. The van der Waals surface area contributed by atoms with Crippen LogP contribution in [0.25, 0.3) is 0 Å². The predicted octanol–water partition coefficient (Wildman–Crippen LogP) is 1.32. The zero-order valence-electron chi connectivity index (χ0n) is 31.8. The second kappa shape index (κ2) is 19.9. The first-order chi connectivity index (χ1) is 24.7. The molecular weight excluding hydrogens is 666 g/mol. The van der Waals surface area contributed by atoms with Crippen LogP contribution in [0.1, 0.15) is 92.6 Å². The molecular formula is C38H59N7O7. The summed E-state index contributed by atoms with van der Waals surface area (Å²) in [6.07, 6.45) is 2.58. The van der Waals surface area contributed by atoms with Gasteiger partial charge < -0.3 is 36.8 Å². The van der Waals surface area contributed by atoms with Crippen LogP contribution in [0.4, 0.5) is 0 Å². The fourth-order valence-electron chi connectivity index (χ4n) is 6.63. The second-order valence-electron chi connectivity index (χ2n) is 14.6. The maximum absolute atomic E-state index is 14.4. The minimum Gasteiger partial charge on any atom is -0.354 e. The van der Waals surface area contributed by atoms with Crippen LogP contribution >= 0.6 is 0 Å². The second-order valence-corrected chi connectivity index (χ2v) is 14.6. The van der Waals surface area contributed by atoms with Gasteiger partial charge in [-0.3, -0.25) is 33.6 Å². The van der Waals surface area contributed by atoms with Gasteiger partial charge in [0.05, 0.1) is 0 Å². The molecule has 0 bridgehead atoms. The van der Waals surface area contributed by atoms with Crippen molar-refractivity contribution in [3.8, 4) is 0 Å². The normalized spacial score (nSPS) is 25.7. The highest BCUT2D eigenvalue weighted by molar-refractivity contribution is 5.97. The Labute approximate surface area is 307 Å². The first-order valence-corrected chi connectivity index (χ1v) is 18.8. The summed E-state index contributed by atoms with van der Waals surface area (Å²) in [5, 5.41) is 16.9. The number of benzene rings is 1. The zero-order valence-corrected chi connectivity index (χ0v) is 31.8. The third-order valence-corrected chi connectivity index (χ3v) is 10.2. The van der Waals surface area contributed by atoms with Gasteiger partial charge in [0.15, 0.2) is 0 Å². The van der Waals surface area contributed by atoms with Gasteiger partial charge in [-0.15, -0.1) is 0 Å². The van der Waals surface area contributed by atoms with Gasteiger partial charge in [0.2, 0.25) is 41.4 Å². The molecule has 0 saturated carbocycles. The van der Waals surface area contributed by atoms with Crippen molar-refractivity contribution in [2.75, 3.05) is 13.1 Å². The van der Waals surface area contributed by atoms with E-state index in [-0.39, 0.29) is 50.1 Å². The van der Waals surface area contributed by atoms with Crippen LogP contribution in [-0.4, -0.2) is 95.6 Å². The molecule has 7 amide bonds. The molecule has 52 heavy (non-hydrogen) atoms. The molecule has 14 nitrogen and oxygen atoms in total. The summed E-state index contributed by atoms with van der Waals surface area (Å²) in [6.45, 7) is 12.8. The number of amides is 7. The molecule has 0 radical (unpaired) electrons. The molecule has 1 aromatic carbocycles. The first kappa shape index (κ1) is 41.9. The standard InChI is InChI=1S/C38H59N7O7/c1-8-23(5)31(40-25(7)46)36(50)41-27-17-13-19-39-35(49)30(22(3)4)43-37(51)32(24(6)9-2)44-34(48)29-18-14-20-45(29)38(52)28(42-33(27)47)21-26-15-11-10-12-16-26/h10-12,15-16,22-24,27-32H,8-9,13-14,17-21H2,1-7H3,(H,39,49)(H,40,46)(H,41,50)(H,42,47)(H,43,51)(H,44,48)/t23-,24-,27-,28-,29-,30-,31-,32-/m0/s1. The molecule has 2 fully saturated rings. The van der Waals surface area contributed by atoms with E-state index >= 15 is 0 Å². The number of nitrogens with zero attached hydrogens (tertiary/aromatic N) is 1. The molecule has 2 heterocycles. The number of fused-ring (bicyclic) bond motifs is 1. The number of hydrogen-bond donors (Lipinski definition) is 6. The molecule has 14 heteroatoms. The van der Waals surface area contributed by atoms with Gasteiger partial charge in [-0.1, -0.05) is 84.7 Å². The van der Waals surface area contributed by atoms with Crippen molar-refractivity contribution in [2.45, 2.75) is 130 Å². The lowest BCUT2D eigenvalue weighted by Gasteiger charge is -2.33. The van der Waals surface area contributed by atoms with Crippen LogP contribution in [0.15, 0.2) is 30.3 Å². The summed E-state index contributed by atoms with van der Waals surface area (Å²) in [4.78, 5) is 96.5. The van der Waals surface area contributed by atoms with E-state index in [2.05, 4.69) is 31.9 Å². The summed E-state index contributed by atoms with van der Waals surface area (Å²) in [7, 11) is 0. The molecule has 1 aromatic rings. The summed E-state index contributed by atoms with van der Waals surface area (Å²) >= 11 is 0. The molecule has 0 unspecified atom stereocenters. The fourth-order valence-corrected chi connectivity index (χ4v) is 6.63. The van der Waals surface area contributed by atoms with Crippen molar-refractivity contribution in [2.24, 2.45) is 17.8 Å². The van der Waals surface area contributed by atoms with Gasteiger partial charge in [0.25, 0.3) is 0 Å². The van der Waals surface area contributed by atoms with Crippen molar-refractivity contribution < 1.29 is 33.6 Å². The van der Waals surface area contributed by atoms with E-state index in [1.165, 1.54) is 11.8 Å². The molecule has 0 aliphatic carbocycles. The summed E-state index contributed by atoms with van der Waals surface area (Å²) in [5.74, 6) is -4.16. The average Bonchev–Trinajstić information content (AvgIpc) is 3.61. The number of carbonyl (C=O) groups excluding carboxylic acids is 7. The Balaban J connectivity index is 2.04. The van der Waals surface area contributed by atoms with E-state index in [4.69, 9.17) is 0 Å². The Morgan fingerprint density at radius 2 is 1.50 bits per heavy atom. The third-order valence-electron chi connectivity index (χ3n) is 10.2. The minimum absolute atomic E-state index is 0.0982. The lowest BCUT2D eigenvalue weighted by atomic mass is 9.96. The van der Waals surface area contributed by atoms with Gasteiger partial charge in [-0.25, -0.2) is 0 Å². The number of rotatable bonds is 10. The SMILES string of the molecule is CC[C@H](C)[C@H](NC(C)=O)C(=O)N[C@H]1CCCNC(=O)[C@H](C(C)C)NC(=O)[C@H]([C@@H](C)CC)NC(=O)[C@@H]2CCCN2C(=O)[C@H](Cc2ccccc2)NC1=O. The highest BCUT2D eigenvalue weighted by Gasteiger charge is 2.41. The highest BCUT2D eigenvalue weighted by atomic mass is 16.2. The molecule has 2 saturated heterocycles. The molecule has 0 aromatic heterocycles. The van der Waals surface area contributed by atoms with Crippen molar-refractivity contribution in [1.29, 1.82) is 0 Å². The van der Waals surface area contributed by atoms with Crippen LogP contribution in [-0.2, 0) is 40.0 Å². The van der Waals surface area contributed by atoms with Gasteiger partial charge in [-0.05, 0) is 49.0 Å². The van der Waals surface area contributed by atoms with Crippen molar-refractivity contribution in [3.63, 3.8) is 0 Å². The predicted molar refractivity (Wildman–Crippen MR) is 196 cm³/mol. The zero-order chi connectivity index (χ0) is 38.5. The maximum Gasteiger partial charge on any atom is 0.246 e. The van der Waals surface area contributed by atoms with Crippen LogP contribution in [0.2, 0.25) is 0 Å². The number of carbonyl (C=O) groups is 7. The molecule has 288 valence electrons. The smallest absolute Gasteiger partial charge is 0.246 e. The van der Waals surface area contributed by atoms with E-state index < -0.39 is 77.6 Å². The van der Waals surface area contributed by atoms with E-state index in [9.17, 15) is 33.6 Å². The van der Waals surface area contributed by atoms with Crippen molar-refractivity contribution in [3.05, 3.63) is 35.9 Å². The molecule has 3 rings (SSSR count). The molecule has 0 spiro atoms. The molecule has 6 N–H and O–H groups in total. The van der Waals surface area contributed by atoms with Crippen LogP contribution in [0.3, 0.4) is 0 Å². The van der Waals surface area contributed by atoms with Crippen molar-refractivity contribution >= 4 is 41.4 Å². The fraction of sp³-hybridized carbons (Fsp3) is 0.658. The highest BCUT2D eigenvalue weighted by Crippen LogP contribution is 2.22. The van der Waals surface area contributed by atoms with Gasteiger partial charge in [-0.2, -0.15) is 0 Å². The van der Waals surface area contributed by atoms with Crippen LogP contribution in [0, 0.1) is 17.8 Å². The lowest BCUT2D eigenvalue weighted by Crippen LogP contribution is -2.61. The molecule has 2 aliphatic heterocycles. The van der Waals surface area contributed by atoms with E-state index in [0.29, 0.717) is 25.7 Å². The molecule has 8 atom stereocenters. The Kier molecular flexibility index (Phi) is 16.1. The third kappa shape index (κ3) is 11.5. The quantitative estimate of drug-likeness (QED) is 0.209. The Hall–Kier alpha value is -4.49. The first-order valence-electron chi connectivity index (χ1n) is 18.8. The minimum atomic E-state index is -1.12. The van der Waals surface area contributed by atoms with Crippen LogP contribution < -0.4 is 31.9 Å². The number of hydrogen-bond acceptors (Lipinski definition) is 7. The van der Waals surface area contributed by atoms with E-state index in [1.807, 2.05) is 58.0 Å². The Morgan fingerprint density at radius 1 is 0.827 bits per heavy atom. The van der Waals surface area contributed by atoms with Gasteiger partial charge in [0.1, 0.15) is 36.3 Å². The Bertz CT molecular complexity index is 1420. The molecule has 2 aliphatic rings. The van der Waals surface area contributed by atoms with E-state index in [0.717, 1.165) is 5.56 Å². The van der Waals surface area contributed by atoms with E-state index in [1.54, 1.807) is 13.8 Å². The topological polar surface area (TPSA) is 195 Å². The average molecular weight is 726 g/mol. The largest absolute Gasteiger partial charge is 0.354 e. The van der Waals surface area contributed by atoms with Crippen molar-refractivity contribution in [1.82, 2.24) is 36.8 Å². The summed E-state index contributed by atoms with van der Waals surface area (Å²) in [5.41, 5.74) is 0.780. The monoisotopic (exact) mass is 725 g/mol.